The maximum Gasteiger partial charge on any atom is 0.263 e. The van der Waals surface area contributed by atoms with Crippen LogP contribution in [0.25, 0.3) is 21.0 Å². The van der Waals surface area contributed by atoms with Crippen LogP contribution in [0, 0.1) is 0 Å². The van der Waals surface area contributed by atoms with Crippen LogP contribution in [0.1, 0.15) is 9.67 Å². The monoisotopic (exact) mass is 361 g/mol. The zero-order valence-electron chi connectivity index (χ0n) is 11.0. The standard InChI is InChI=1S/C15H12BrN3OS/c1-8(16)6-19-15(20)14-12(17)10-7-18-11-5-3-2-4-9(11)13(10)21-14/h2-5,7H,1,6,17H2,(H,19,20). The fourth-order valence-corrected chi connectivity index (χ4v) is 3.41. The molecule has 0 aliphatic heterocycles. The molecule has 0 unspecified atom stereocenters. The number of carbonyl (C=O) groups is 1. The van der Waals surface area contributed by atoms with Gasteiger partial charge in [0.2, 0.25) is 0 Å². The van der Waals surface area contributed by atoms with Gasteiger partial charge < -0.3 is 11.1 Å². The van der Waals surface area contributed by atoms with E-state index in [9.17, 15) is 4.79 Å². The van der Waals surface area contributed by atoms with E-state index in [2.05, 4.69) is 32.8 Å². The summed E-state index contributed by atoms with van der Waals surface area (Å²) in [5.74, 6) is -0.196. The molecule has 106 valence electrons. The number of carbonyl (C=O) groups excluding carboxylic acids is 1. The minimum absolute atomic E-state index is 0.196. The van der Waals surface area contributed by atoms with E-state index in [1.54, 1.807) is 6.20 Å². The molecule has 0 bridgehead atoms. The van der Waals surface area contributed by atoms with Crippen LogP contribution in [0.2, 0.25) is 0 Å². The number of hydrogen-bond acceptors (Lipinski definition) is 4. The number of pyridine rings is 1. The molecule has 0 saturated heterocycles. The molecule has 21 heavy (non-hydrogen) atoms. The molecule has 2 heterocycles. The Morgan fingerprint density at radius 1 is 1.38 bits per heavy atom. The number of nitrogens with zero attached hydrogens (tertiary/aromatic N) is 1. The Hall–Kier alpha value is -1.92. The summed E-state index contributed by atoms with van der Waals surface area (Å²) < 4.78 is 1.70. The fraction of sp³-hybridized carbons (Fsp3) is 0.0667. The van der Waals surface area contributed by atoms with Gasteiger partial charge in [0.1, 0.15) is 4.88 Å². The van der Waals surface area contributed by atoms with Crippen LogP contribution in [0.4, 0.5) is 5.69 Å². The zero-order valence-corrected chi connectivity index (χ0v) is 13.4. The lowest BCUT2D eigenvalue weighted by Crippen LogP contribution is -2.24. The molecular formula is C15H12BrN3OS. The Balaban J connectivity index is 2.12. The van der Waals surface area contributed by atoms with Crippen molar-refractivity contribution in [3.05, 3.63) is 46.4 Å². The number of thiophene rings is 1. The molecule has 1 aromatic carbocycles. The summed E-state index contributed by atoms with van der Waals surface area (Å²) >= 11 is 4.61. The molecule has 0 atom stereocenters. The predicted molar refractivity (Wildman–Crippen MR) is 91.9 cm³/mol. The molecule has 0 saturated carbocycles. The summed E-state index contributed by atoms with van der Waals surface area (Å²) in [6.07, 6.45) is 1.73. The molecule has 2 aromatic heterocycles. The highest BCUT2D eigenvalue weighted by atomic mass is 79.9. The second-order valence-corrected chi connectivity index (χ2v) is 6.71. The maximum absolute atomic E-state index is 12.2. The summed E-state index contributed by atoms with van der Waals surface area (Å²) in [5.41, 5.74) is 7.49. The number of amides is 1. The third-order valence-corrected chi connectivity index (χ3v) is 4.65. The first-order chi connectivity index (χ1) is 10.1. The van der Waals surface area contributed by atoms with Gasteiger partial charge in [0, 0.05) is 32.7 Å². The smallest absolute Gasteiger partial charge is 0.263 e. The number of aromatic nitrogens is 1. The topological polar surface area (TPSA) is 68.0 Å². The van der Waals surface area contributed by atoms with Crippen LogP contribution in [0.5, 0.6) is 0 Å². The van der Waals surface area contributed by atoms with Gasteiger partial charge in [0.05, 0.1) is 11.2 Å². The lowest BCUT2D eigenvalue weighted by atomic mass is 10.1. The van der Waals surface area contributed by atoms with Crippen molar-refractivity contribution in [3.8, 4) is 0 Å². The third kappa shape index (κ3) is 2.52. The molecule has 1 amide bonds. The second-order valence-electron chi connectivity index (χ2n) is 4.56. The Kier molecular flexibility index (Phi) is 3.65. The number of benzene rings is 1. The molecule has 0 aliphatic rings. The quantitative estimate of drug-likeness (QED) is 0.747. The molecule has 0 aliphatic carbocycles. The Bertz CT molecular complexity index is 872. The van der Waals surface area contributed by atoms with E-state index >= 15 is 0 Å². The molecule has 0 radical (unpaired) electrons. The molecule has 3 aromatic rings. The lowest BCUT2D eigenvalue weighted by molar-refractivity contribution is 0.0962. The Labute approximate surface area is 133 Å². The van der Waals surface area contributed by atoms with E-state index in [0.29, 0.717) is 21.6 Å². The number of nitrogens with one attached hydrogen (secondary N) is 1. The van der Waals surface area contributed by atoms with Crippen LogP contribution in [0.3, 0.4) is 0 Å². The largest absolute Gasteiger partial charge is 0.397 e. The number of anilines is 1. The molecule has 0 spiro atoms. The van der Waals surface area contributed by atoms with Crippen LogP contribution in [-0.2, 0) is 0 Å². The van der Waals surface area contributed by atoms with Crippen LogP contribution >= 0.6 is 27.3 Å². The van der Waals surface area contributed by atoms with E-state index in [-0.39, 0.29) is 5.91 Å². The minimum atomic E-state index is -0.196. The highest BCUT2D eigenvalue weighted by molar-refractivity contribution is 9.11. The minimum Gasteiger partial charge on any atom is -0.397 e. The number of fused-ring (bicyclic) bond motifs is 3. The normalized spacial score (nSPS) is 10.9. The summed E-state index contributed by atoms with van der Waals surface area (Å²) in [6.45, 7) is 4.06. The summed E-state index contributed by atoms with van der Waals surface area (Å²) in [5, 5.41) is 4.60. The first-order valence-corrected chi connectivity index (χ1v) is 7.86. The van der Waals surface area contributed by atoms with E-state index < -0.39 is 0 Å². The van der Waals surface area contributed by atoms with Crippen molar-refractivity contribution < 1.29 is 4.79 Å². The van der Waals surface area contributed by atoms with Crippen molar-refractivity contribution >= 4 is 59.9 Å². The van der Waals surface area contributed by atoms with Crippen molar-refractivity contribution in [2.45, 2.75) is 0 Å². The van der Waals surface area contributed by atoms with Gasteiger partial charge in [-0.2, -0.15) is 0 Å². The van der Waals surface area contributed by atoms with Crippen molar-refractivity contribution in [2.75, 3.05) is 12.3 Å². The number of halogens is 1. The van der Waals surface area contributed by atoms with Gasteiger partial charge in [-0.1, -0.05) is 40.7 Å². The maximum atomic E-state index is 12.2. The van der Waals surface area contributed by atoms with Crippen molar-refractivity contribution in [1.82, 2.24) is 10.3 Å². The van der Waals surface area contributed by atoms with Crippen LogP contribution < -0.4 is 11.1 Å². The number of nitrogens with two attached hydrogens (primary N) is 1. The fourth-order valence-electron chi connectivity index (χ4n) is 2.12. The zero-order chi connectivity index (χ0) is 15.0. The van der Waals surface area contributed by atoms with E-state index in [0.717, 1.165) is 21.0 Å². The first kappa shape index (κ1) is 14.0. The van der Waals surface area contributed by atoms with Gasteiger partial charge in [0.15, 0.2) is 0 Å². The highest BCUT2D eigenvalue weighted by Gasteiger charge is 2.17. The lowest BCUT2D eigenvalue weighted by Gasteiger charge is -2.02. The van der Waals surface area contributed by atoms with Gasteiger partial charge in [-0.25, -0.2) is 0 Å². The van der Waals surface area contributed by atoms with Gasteiger partial charge in [-0.3, -0.25) is 9.78 Å². The predicted octanol–water partition coefficient (Wildman–Crippen LogP) is 3.67. The molecule has 3 N–H and O–H groups in total. The number of nitrogen functional groups attached to an aromatic ring is 1. The van der Waals surface area contributed by atoms with E-state index in [1.807, 2.05) is 24.3 Å². The highest BCUT2D eigenvalue weighted by Crippen LogP contribution is 2.37. The average Bonchev–Trinajstić information content (AvgIpc) is 2.82. The van der Waals surface area contributed by atoms with Crippen LogP contribution in [-0.4, -0.2) is 17.4 Å². The second kappa shape index (κ2) is 5.46. The number of para-hydroxylation sites is 1. The van der Waals surface area contributed by atoms with Crippen molar-refractivity contribution in [2.24, 2.45) is 0 Å². The third-order valence-electron chi connectivity index (χ3n) is 3.11. The molecule has 6 heteroatoms. The SMILES string of the molecule is C=C(Br)CNC(=O)c1sc2c(cnc3ccccc32)c1N. The Morgan fingerprint density at radius 2 is 2.14 bits per heavy atom. The summed E-state index contributed by atoms with van der Waals surface area (Å²) in [6, 6.07) is 7.82. The van der Waals surface area contributed by atoms with Gasteiger partial charge in [-0.15, -0.1) is 11.3 Å². The van der Waals surface area contributed by atoms with Gasteiger partial charge >= 0.3 is 0 Å². The van der Waals surface area contributed by atoms with Crippen molar-refractivity contribution in [3.63, 3.8) is 0 Å². The molecular weight excluding hydrogens is 350 g/mol. The Morgan fingerprint density at radius 3 is 2.90 bits per heavy atom. The van der Waals surface area contributed by atoms with Gasteiger partial charge in [0.25, 0.3) is 5.91 Å². The number of hydrogen-bond donors (Lipinski definition) is 2. The summed E-state index contributed by atoms with van der Waals surface area (Å²) in [4.78, 5) is 17.1. The van der Waals surface area contributed by atoms with E-state index in [1.165, 1.54) is 11.3 Å². The average molecular weight is 362 g/mol. The molecule has 4 nitrogen and oxygen atoms in total. The molecule has 0 fully saturated rings. The summed E-state index contributed by atoms with van der Waals surface area (Å²) in [7, 11) is 0. The van der Waals surface area contributed by atoms with Crippen molar-refractivity contribution in [1.29, 1.82) is 0 Å². The van der Waals surface area contributed by atoms with E-state index in [4.69, 9.17) is 5.73 Å². The van der Waals surface area contributed by atoms with Crippen LogP contribution in [0.15, 0.2) is 41.5 Å². The number of rotatable bonds is 3. The van der Waals surface area contributed by atoms with Gasteiger partial charge in [-0.05, 0) is 6.07 Å². The first-order valence-electron chi connectivity index (χ1n) is 6.25. The molecule has 3 rings (SSSR count).